The van der Waals surface area contributed by atoms with Gasteiger partial charge in [-0.2, -0.15) is 0 Å². The molecule has 0 aromatic rings. The summed E-state index contributed by atoms with van der Waals surface area (Å²) in [6.07, 6.45) is 2.65. The van der Waals surface area contributed by atoms with Gasteiger partial charge in [-0.05, 0) is 17.9 Å². The van der Waals surface area contributed by atoms with Gasteiger partial charge in [-0.3, -0.25) is 4.79 Å². The number of carboxylic acids is 1. The first-order chi connectivity index (χ1) is 5.24. The average molecular weight is 155 g/mol. The first-order valence-electron chi connectivity index (χ1n) is 3.51. The van der Waals surface area contributed by atoms with Crippen LogP contribution in [0, 0.1) is 5.92 Å². The highest BCUT2D eigenvalue weighted by molar-refractivity contribution is 5.73. The highest BCUT2D eigenvalue weighted by Crippen LogP contribution is 2.34. The van der Waals surface area contributed by atoms with E-state index in [0.29, 0.717) is 12.3 Å². The van der Waals surface area contributed by atoms with E-state index in [-0.39, 0.29) is 0 Å². The molecule has 60 valence electrons. The molecule has 1 saturated carbocycles. The number of nitrogens with zero attached hydrogens (tertiary/aromatic N) is 3. The van der Waals surface area contributed by atoms with E-state index in [1.54, 1.807) is 0 Å². The van der Waals surface area contributed by atoms with E-state index in [1.165, 1.54) is 0 Å². The predicted molar refractivity (Wildman–Crippen MR) is 37.9 cm³/mol. The van der Waals surface area contributed by atoms with E-state index in [1.807, 2.05) is 0 Å². The lowest BCUT2D eigenvalue weighted by Gasteiger charge is -2.01. The molecule has 1 aliphatic carbocycles. The lowest BCUT2D eigenvalue weighted by Crippen LogP contribution is -2.17. The van der Waals surface area contributed by atoms with Gasteiger partial charge in [0.15, 0.2) is 0 Å². The van der Waals surface area contributed by atoms with Gasteiger partial charge in [-0.1, -0.05) is 18.0 Å². The molecule has 0 bridgehead atoms. The molecule has 0 heterocycles. The Hall–Kier alpha value is -1.22. The third-order valence-electron chi connectivity index (χ3n) is 1.73. The van der Waals surface area contributed by atoms with Crippen LogP contribution < -0.4 is 0 Å². The summed E-state index contributed by atoms with van der Waals surface area (Å²) in [4.78, 5) is 12.9. The summed E-state index contributed by atoms with van der Waals surface area (Å²) in [6, 6.07) is -0.854. The van der Waals surface area contributed by atoms with Gasteiger partial charge in [0.25, 0.3) is 0 Å². The van der Waals surface area contributed by atoms with Crippen LogP contribution in [0.3, 0.4) is 0 Å². The number of carboxylic acid groups (broad SMARTS) is 1. The number of aliphatic carboxylic acids is 1. The second kappa shape index (κ2) is 3.25. The molecule has 1 N–H and O–H groups in total. The van der Waals surface area contributed by atoms with E-state index in [9.17, 15) is 4.79 Å². The van der Waals surface area contributed by atoms with Gasteiger partial charge >= 0.3 is 5.97 Å². The van der Waals surface area contributed by atoms with E-state index in [4.69, 9.17) is 10.6 Å². The second-order valence-electron chi connectivity index (χ2n) is 2.74. The van der Waals surface area contributed by atoms with Gasteiger partial charge < -0.3 is 5.11 Å². The van der Waals surface area contributed by atoms with Gasteiger partial charge in [-0.25, -0.2) is 0 Å². The van der Waals surface area contributed by atoms with Gasteiger partial charge in [0, 0.05) is 4.91 Å². The summed E-state index contributed by atoms with van der Waals surface area (Å²) in [7, 11) is 0. The smallest absolute Gasteiger partial charge is 0.312 e. The third-order valence-corrected chi connectivity index (χ3v) is 1.73. The normalized spacial score (nSPS) is 18.5. The summed E-state index contributed by atoms with van der Waals surface area (Å²) >= 11 is 0. The first-order valence-corrected chi connectivity index (χ1v) is 3.51. The minimum absolute atomic E-state index is 0.474. The minimum Gasteiger partial charge on any atom is -0.481 e. The molecule has 0 aromatic carbocycles. The standard InChI is InChI=1S/C6H9N3O2/c7-9-8-5(6(10)11)3-4-1-2-4/h4-5H,1-3H2,(H,10,11)/t5-/m0/s1. The first kappa shape index (κ1) is 7.88. The van der Waals surface area contributed by atoms with Gasteiger partial charge in [0.05, 0.1) is 0 Å². The molecule has 1 rings (SSSR count). The Labute approximate surface area is 63.6 Å². The van der Waals surface area contributed by atoms with E-state index in [0.717, 1.165) is 12.8 Å². The lowest BCUT2D eigenvalue weighted by atomic mass is 10.1. The van der Waals surface area contributed by atoms with Crippen LogP contribution in [0.5, 0.6) is 0 Å². The molecule has 0 unspecified atom stereocenters. The van der Waals surface area contributed by atoms with Crippen LogP contribution in [0.15, 0.2) is 5.11 Å². The monoisotopic (exact) mass is 155 g/mol. The fourth-order valence-electron chi connectivity index (χ4n) is 0.929. The molecule has 5 heteroatoms. The van der Waals surface area contributed by atoms with Crippen molar-refractivity contribution in [2.75, 3.05) is 0 Å². The maximum Gasteiger partial charge on any atom is 0.312 e. The highest BCUT2D eigenvalue weighted by Gasteiger charge is 2.28. The zero-order chi connectivity index (χ0) is 8.27. The highest BCUT2D eigenvalue weighted by atomic mass is 16.4. The summed E-state index contributed by atoms with van der Waals surface area (Å²) in [5.41, 5.74) is 8.01. The molecule has 0 aliphatic heterocycles. The van der Waals surface area contributed by atoms with Crippen molar-refractivity contribution in [1.82, 2.24) is 0 Å². The van der Waals surface area contributed by atoms with Gasteiger partial charge in [-0.15, -0.1) is 0 Å². The molecular weight excluding hydrogens is 146 g/mol. The third kappa shape index (κ3) is 2.47. The summed E-state index contributed by atoms with van der Waals surface area (Å²) < 4.78 is 0. The molecule has 0 radical (unpaired) electrons. The van der Waals surface area contributed by atoms with Crippen molar-refractivity contribution in [1.29, 1.82) is 0 Å². The maximum absolute atomic E-state index is 10.4. The molecule has 1 atom stereocenters. The van der Waals surface area contributed by atoms with Crippen molar-refractivity contribution in [3.05, 3.63) is 10.4 Å². The van der Waals surface area contributed by atoms with Gasteiger partial charge in [0.2, 0.25) is 0 Å². The van der Waals surface area contributed by atoms with Crippen molar-refractivity contribution < 1.29 is 9.90 Å². The average Bonchev–Trinajstić information content (AvgIpc) is 2.70. The molecule has 5 nitrogen and oxygen atoms in total. The minimum atomic E-state index is -1.02. The predicted octanol–water partition coefficient (Wildman–Crippen LogP) is 1.55. The molecule has 1 fully saturated rings. The Morgan fingerprint density at radius 3 is 2.82 bits per heavy atom. The van der Waals surface area contributed by atoms with Crippen molar-refractivity contribution in [3.8, 4) is 0 Å². The molecule has 1 aliphatic rings. The van der Waals surface area contributed by atoms with E-state index < -0.39 is 12.0 Å². The maximum atomic E-state index is 10.4. The fraction of sp³-hybridized carbons (Fsp3) is 0.833. The molecule has 11 heavy (non-hydrogen) atoms. The number of rotatable bonds is 4. The van der Waals surface area contributed by atoms with Crippen LogP contribution in [0.1, 0.15) is 19.3 Å². The Bertz CT molecular complexity index is 204. The summed E-state index contributed by atoms with van der Waals surface area (Å²) in [5.74, 6) is -0.545. The van der Waals surface area contributed by atoms with Crippen LogP contribution in [0.25, 0.3) is 10.4 Å². The van der Waals surface area contributed by atoms with Crippen LogP contribution in [-0.4, -0.2) is 17.1 Å². The van der Waals surface area contributed by atoms with Crippen molar-refractivity contribution in [2.24, 2.45) is 11.0 Å². The second-order valence-corrected chi connectivity index (χ2v) is 2.74. The fourth-order valence-corrected chi connectivity index (χ4v) is 0.929. The molecule has 0 saturated heterocycles. The molecule has 0 amide bonds. The van der Waals surface area contributed by atoms with E-state index in [2.05, 4.69) is 10.0 Å². The van der Waals surface area contributed by atoms with E-state index >= 15 is 0 Å². The number of hydrogen-bond acceptors (Lipinski definition) is 2. The van der Waals surface area contributed by atoms with Crippen molar-refractivity contribution in [2.45, 2.75) is 25.3 Å². The zero-order valence-electron chi connectivity index (χ0n) is 5.97. The molecule has 0 aromatic heterocycles. The number of hydrogen-bond donors (Lipinski definition) is 1. The van der Waals surface area contributed by atoms with Crippen LogP contribution in [-0.2, 0) is 4.79 Å². The Morgan fingerprint density at radius 1 is 1.82 bits per heavy atom. The zero-order valence-corrected chi connectivity index (χ0v) is 5.97. The van der Waals surface area contributed by atoms with Crippen LogP contribution in [0.2, 0.25) is 0 Å². The van der Waals surface area contributed by atoms with Crippen LogP contribution in [0.4, 0.5) is 0 Å². The topological polar surface area (TPSA) is 86.1 Å². The Kier molecular flexibility index (Phi) is 2.33. The summed E-state index contributed by atoms with van der Waals surface area (Å²) in [6.45, 7) is 0. The lowest BCUT2D eigenvalue weighted by molar-refractivity contribution is -0.138. The SMILES string of the molecule is [N-]=[N+]=N[C@@H](CC1CC1)C(=O)O. The Morgan fingerprint density at radius 2 is 2.45 bits per heavy atom. The number of carbonyl (C=O) groups is 1. The van der Waals surface area contributed by atoms with Crippen LogP contribution >= 0.6 is 0 Å². The molecular formula is C6H9N3O2. The quantitative estimate of drug-likeness (QED) is 0.379. The molecule has 0 spiro atoms. The largest absolute Gasteiger partial charge is 0.481 e. The van der Waals surface area contributed by atoms with Gasteiger partial charge in [0.1, 0.15) is 6.04 Å². The van der Waals surface area contributed by atoms with Crippen molar-refractivity contribution in [3.63, 3.8) is 0 Å². The number of azide groups is 1. The summed E-state index contributed by atoms with van der Waals surface area (Å²) in [5, 5.41) is 11.7. The Balaban J connectivity index is 2.43. The van der Waals surface area contributed by atoms with Crippen molar-refractivity contribution >= 4 is 5.97 Å².